The fourth-order valence-electron chi connectivity index (χ4n) is 7.18. The van der Waals surface area contributed by atoms with E-state index in [-0.39, 0.29) is 0 Å². The lowest BCUT2D eigenvalue weighted by Gasteiger charge is -2.32. The van der Waals surface area contributed by atoms with Gasteiger partial charge in [-0.1, -0.05) is 97.1 Å². The Morgan fingerprint density at radius 2 is 1.09 bits per heavy atom. The van der Waals surface area contributed by atoms with Crippen LogP contribution in [0.2, 0.25) is 0 Å². The molecule has 0 N–H and O–H groups in total. The molecule has 0 fully saturated rings. The van der Waals surface area contributed by atoms with Crippen LogP contribution in [0.25, 0.3) is 72.1 Å². The molecule has 0 amide bonds. The third-order valence-corrected chi connectivity index (χ3v) is 9.18. The second kappa shape index (κ2) is 9.33. The van der Waals surface area contributed by atoms with Gasteiger partial charge < -0.3 is 9.13 Å². The van der Waals surface area contributed by atoms with Crippen molar-refractivity contribution in [3.63, 3.8) is 0 Å². The average Bonchev–Trinajstić information content (AvgIpc) is 3.35. The van der Waals surface area contributed by atoms with Crippen LogP contribution >= 0.6 is 0 Å². The van der Waals surface area contributed by atoms with Crippen LogP contribution in [0.3, 0.4) is 0 Å². The molecule has 216 valence electrons. The largest absolute Gasteiger partial charge is 0.342 e. The molecule has 0 unspecified atom stereocenters. The van der Waals surface area contributed by atoms with Gasteiger partial charge >= 0.3 is 0 Å². The number of hydrogen-bond donors (Lipinski definition) is 0. The normalized spacial score (nSPS) is 12.4. The van der Waals surface area contributed by atoms with E-state index in [0.717, 1.165) is 50.1 Å². The number of aryl methyl sites for hydroxylation is 1. The lowest BCUT2D eigenvalue weighted by atomic mass is 10.0. The first-order valence-corrected chi connectivity index (χ1v) is 15.3. The fourth-order valence-corrected chi connectivity index (χ4v) is 7.18. The van der Waals surface area contributed by atoms with Crippen LogP contribution in [0.15, 0.2) is 134 Å². The van der Waals surface area contributed by atoms with Gasteiger partial charge in [-0.25, -0.2) is 4.98 Å². The Morgan fingerprint density at radius 1 is 0.478 bits per heavy atom. The van der Waals surface area contributed by atoms with Gasteiger partial charge in [0.25, 0.3) is 0 Å². The average molecular weight is 592 g/mol. The van der Waals surface area contributed by atoms with Crippen molar-refractivity contribution in [2.45, 2.75) is 0 Å². The highest BCUT2D eigenvalue weighted by atomic mass is 15.3. The molecule has 0 radical (unpaired) electrons. The van der Waals surface area contributed by atoms with Crippen molar-refractivity contribution in [1.29, 1.82) is 0 Å². The van der Waals surface area contributed by atoms with E-state index >= 15 is 0 Å². The van der Waals surface area contributed by atoms with Gasteiger partial charge in [0.1, 0.15) is 0 Å². The highest BCUT2D eigenvalue weighted by Gasteiger charge is 2.30. The highest BCUT2D eigenvalue weighted by Crippen LogP contribution is 2.49. The van der Waals surface area contributed by atoms with Crippen LogP contribution < -0.4 is 4.90 Å². The zero-order valence-corrected chi connectivity index (χ0v) is 24.8. The number of pyridine rings is 1. The van der Waals surface area contributed by atoms with E-state index in [1.54, 1.807) is 0 Å². The fraction of sp³-hybridized carbons (Fsp3) is 0.0256. The molecule has 1 aliphatic rings. The number of hydrogen-bond acceptors (Lipinski definition) is 5. The van der Waals surface area contributed by atoms with Crippen LogP contribution in [0.4, 0.5) is 17.3 Å². The first kappa shape index (κ1) is 25.0. The van der Waals surface area contributed by atoms with Crippen molar-refractivity contribution >= 4 is 60.9 Å². The standard InChI is InChI=1S/C39H25N7/c1-44-30-20-10-16-26-27-17-11-21-31-36(27)45(33-23-40-22-32(44)35(33)34(26)30)28-18-8-9-19-29(28)46(31)39-42-37(24-12-4-2-5-13-24)41-38(43-39)25-14-6-3-7-15-25/h2-23H,1H3. The number of rotatable bonds is 3. The Hall–Kier alpha value is -6.34. The Balaban J connectivity index is 1.37. The predicted octanol–water partition coefficient (Wildman–Crippen LogP) is 9.13. The minimum Gasteiger partial charge on any atom is -0.342 e. The summed E-state index contributed by atoms with van der Waals surface area (Å²) in [5.41, 5.74) is 9.28. The monoisotopic (exact) mass is 591 g/mol. The van der Waals surface area contributed by atoms with Crippen molar-refractivity contribution in [1.82, 2.24) is 29.1 Å². The summed E-state index contributed by atoms with van der Waals surface area (Å²) in [6.07, 6.45) is 3.98. The molecule has 7 heteroatoms. The van der Waals surface area contributed by atoms with Gasteiger partial charge in [0.15, 0.2) is 11.6 Å². The summed E-state index contributed by atoms with van der Waals surface area (Å²) in [5, 5.41) is 4.78. The second-order valence-electron chi connectivity index (χ2n) is 11.7. The van der Waals surface area contributed by atoms with E-state index < -0.39 is 0 Å². The molecule has 0 saturated heterocycles. The lowest BCUT2D eigenvalue weighted by Crippen LogP contribution is -2.21. The zero-order chi connectivity index (χ0) is 30.4. The van der Waals surface area contributed by atoms with Crippen molar-refractivity contribution < 1.29 is 0 Å². The van der Waals surface area contributed by atoms with Gasteiger partial charge in [0.2, 0.25) is 5.95 Å². The van der Waals surface area contributed by atoms with Crippen molar-refractivity contribution in [2.75, 3.05) is 4.90 Å². The molecule has 7 nitrogen and oxygen atoms in total. The molecule has 1 aliphatic heterocycles. The van der Waals surface area contributed by atoms with E-state index in [2.05, 4.69) is 81.7 Å². The van der Waals surface area contributed by atoms with Gasteiger partial charge in [-0.2, -0.15) is 9.97 Å². The van der Waals surface area contributed by atoms with Crippen LogP contribution in [0.5, 0.6) is 0 Å². The third-order valence-electron chi connectivity index (χ3n) is 9.18. The van der Waals surface area contributed by atoms with Gasteiger partial charge in [-0.3, -0.25) is 9.88 Å². The molecule has 0 spiro atoms. The topological polar surface area (TPSA) is 64.7 Å². The molecule has 9 aromatic rings. The molecule has 0 saturated carbocycles. The van der Waals surface area contributed by atoms with Crippen molar-refractivity contribution in [2.24, 2.45) is 7.05 Å². The molecule has 5 heterocycles. The summed E-state index contributed by atoms with van der Waals surface area (Å²) in [6, 6.07) is 41.8. The number of anilines is 3. The first-order valence-electron chi connectivity index (χ1n) is 15.3. The van der Waals surface area contributed by atoms with E-state index in [1.165, 1.54) is 21.7 Å². The summed E-state index contributed by atoms with van der Waals surface area (Å²) in [4.78, 5) is 22.2. The van der Waals surface area contributed by atoms with E-state index in [4.69, 9.17) is 19.9 Å². The Bertz CT molecular complexity index is 2600. The molecule has 4 aromatic heterocycles. The first-order chi connectivity index (χ1) is 22.8. The van der Waals surface area contributed by atoms with Crippen molar-refractivity contribution in [3.05, 3.63) is 134 Å². The Kier molecular flexibility index (Phi) is 5.08. The van der Waals surface area contributed by atoms with Crippen LogP contribution in [-0.2, 0) is 7.05 Å². The smallest absolute Gasteiger partial charge is 0.238 e. The number of benzene rings is 5. The Morgan fingerprint density at radius 3 is 1.83 bits per heavy atom. The van der Waals surface area contributed by atoms with Crippen LogP contribution in [0, 0.1) is 0 Å². The summed E-state index contributed by atoms with van der Waals surface area (Å²) in [5.74, 6) is 1.81. The number of nitrogens with zero attached hydrogens (tertiary/aromatic N) is 7. The van der Waals surface area contributed by atoms with Gasteiger partial charge in [-0.05, 0) is 29.7 Å². The molecular formula is C39H25N7. The number of aromatic nitrogens is 6. The predicted molar refractivity (Wildman–Crippen MR) is 185 cm³/mol. The summed E-state index contributed by atoms with van der Waals surface area (Å²) >= 11 is 0. The van der Waals surface area contributed by atoms with Gasteiger partial charge in [0, 0.05) is 39.8 Å². The molecule has 5 aromatic carbocycles. The summed E-state index contributed by atoms with van der Waals surface area (Å²) in [7, 11) is 2.13. The second-order valence-corrected chi connectivity index (χ2v) is 11.7. The van der Waals surface area contributed by atoms with Crippen LogP contribution in [0.1, 0.15) is 0 Å². The number of fused-ring (bicyclic) bond motifs is 4. The molecule has 0 bridgehead atoms. The van der Waals surface area contributed by atoms with Crippen LogP contribution in [-0.4, -0.2) is 29.1 Å². The Labute approximate surface area is 263 Å². The van der Waals surface area contributed by atoms with E-state index in [9.17, 15) is 0 Å². The zero-order valence-electron chi connectivity index (χ0n) is 24.8. The number of para-hydroxylation sites is 3. The van der Waals surface area contributed by atoms with Crippen molar-refractivity contribution in [3.8, 4) is 28.5 Å². The molecule has 46 heavy (non-hydrogen) atoms. The third kappa shape index (κ3) is 3.36. The van der Waals surface area contributed by atoms with Gasteiger partial charge in [0.05, 0.1) is 46.0 Å². The lowest BCUT2D eigenvalue weighted by molar-refractivity contribution is 0.999. The molecule has 10 rings (SSSR count). The maximum atomic E-state index is 5.16. The van der Waals surface area contributed by atoms with E-state index in [0.29, 0.717) is 17.6 Å². The quantitative estimate of drug-likeness (QED) is 0.205. The SMILES string of the molecule is Cn1c2cccc3c4cccc5c4n(c4cncc1c4c32)-c1ccccc1N5c1nc(-c2ccccc2)nc(-c2ccccc2)n1. The minimum atomic E-state index is 0.561. The maximum Gasteiger partial charge on any atom is 0.238 e. The highest BCUT2D eigenvalue weighted by molar-refractivity contribution is 6.28. The molecule has 0 aliphatic carbocycles. The summed E-state index contributed by atoms with van der Waals surface area (Å²) in [6.45, 7) is 0. The summed E-state index contributed by atoms with van der Waals surface area (Å²) < 4.78 is 4.63. The van der Waals surface area contributed by atoms with E-state index in [1.807, 2.05) is 73.1 Å². The minimum absolute atomic E-state index is 0.561. The molecule has 0 atom stereocenters. The molecular weight excluding hydrogens is 566 g/mol. The van der Waals surface area contributed by atoms with Gasteiger partial charge in [-0.15, -0.1) is 0 Å². The maximum absolute atomic E-state index is 5.16.